The van der Waals surface area contributed by atoms with Crippen molar-refractivity contribution in [2.45, 2.75) is 13.8 Å². The second-order valence-electron chi connectivity index (χ2n) is 6.19. The molecule has 0 unspecified atom stereocenters. The summed E-state index contributed by atoms with van der Waals surface area (Å²) in [5.74, 6) is -1.34. The lowest BCUT2D eigenvalue weighted by molar-refractivity contribution is 0.0697. The minimum absolute atomic E-state index is 0.209. The fraction of sp³-hybridized carbons (Fsp3) is 0.0909. The maximum Gasteiger partial charge on any atom is 0.335 e. The Kier molecular flexibility index (Phi) is 4.91. The molecule has 0 amide bonds. The summed E-state index contributed by atoms with van der Waals surface area (Å²) in [5, 5.41) is 18.7. The number of hydrogen-bond donors (Lipinski definition) is 1. The van der Waals surface area contributed by atoms with Crippen molar-refractivity contribution in [1.82, 2.24) is 4.57 Å². The Balaban J connectivity index is 2.08. The Morgan fingerprint density at radius 3 is 2.44 bits per heavy atom. The van der Waals surface area contributed by atoms with Crippen molar-refractivity contribution in [1.29, 1.82) is 5.26 Å². The lowest BCUT2D eigenvalue weighted by atomic mass is 10.0. The number of aromatic nitrogens is 1. The minimum atomic E-state index is -0.984. The molecule has 0 atom stereocenters. The second kappa shape index (κ2) is 7.30. The van der Waals surface area contributed by atoms with Crippen LogP contribution in [0.2, 0.25) is 0 Å². The van der Waals surface area contributed by atoms with Crippen LogP contribution in [0.3, 0.4) is 0 Å². The second-order valence-corrected chi connectivity index (χ2v) is 6.19. The van der Waals surface area contributed by atoms with Gasteiger partial charge in [-0.2, -0.15) is 5.26 Å². The van der Waals surface area contributed by atoms with Gasteiger partial charge in [0.1, 0.15) is 5.82 Å². The maximum absolute atomic E-state index is 13.1. The van der Waals surface area contributed by atoms with E-state index in [4.69, 9.17) is 0 Å². The summed E-state index contributed by atoms with van der Waals surface area (Å²) in [6.07, 6.45) is 1.76. The van der Waals surface area contributed by atoms with E-state index < -0.39 is 5.97 Å². The number of hydrogen-bond acceptors (Lipinski definition) is 2. The van der Waals surface area contributed by atoms with E-state index in [0.29, 0.717) is 11.1 Å². The van der Waals surface area contributed by atoms with Gasteiger partial charge in [0.25, 0.3) is 0 Å². The van der Waals surface area contributed by atoms with Gasteiger partial charge in [-0.15, -0.1) is 0 Å². The van der Waals surface area contributed by atoms with Crippen molar-refractivity contribution in [3.05, 3.63) is 88.5 Å². The van der Waals surface area contributed by atoms with Crippen LogP contribution in [0.25, 0.3) is 17.3 Å². The Morgan fingerprint density at radius 1 is 1.11 bits per heavy atom. The van der Waals surface area contributed by atoms with Gasteiger partial charge in [0.2, 0.25) is 0 Å². The Morgan fingerprint density at radius 2 is 1.81 bits per heavy atom. The number of aryl methyl sites for hydroxylation is 1. The van der Waals surface area contributed by atoms with Gasteiger partial charge < -0.3 is 9.67 Å². The molecule has 1 heterocycles. The van der Waals surface area contributed by atoms with Gasteiger partial charge in [0.05, 0.1) is 17.2 Å². The molecule has 4 nitrogen and oxygen atoms in total. The molecule has 5 heteroatoms. The molecule has 0 radical (unpaired) electrons. The fourth-order valence-corrected chi connectivity index (χ4v) is 3.07. The standard InChI is InChI=1S/C22H17FN2O2/c1-14-10-18(11-19(13-24)16-6-8-20(23)9-7-16)15(2)25(14)21-5-3-4-17(12-21)22(26)27/h3-12H,1-2H3,(H,26,27). The maximum atomic E-state index is 13.1. The van der Waals surface area contributed by atoms with E-state index in [2.05, 4.69) is 6.07 Å². The predicted molar refractivity (Wildman–Crippen MR) is 102 cm³/mol. The number of halogens is 1. The highest BCUT2D eigenvalue weighted by Crippen LogP contribution is 2.26. The summed E-state index contributed by atoms with van der Waals surface area (Å²) in [6.45, 7) is 3.83. The largest absolute Gasteiger partial charge is 0.478 e. The van der Waals surface area contributed by atoms with Crippen molar-refractivity contribution >= 4 is 17.6 Å². The van der Waals surface area contributed by atoms with Crippen LogP contribution < -0.4 is 0 Å². The molecule has 0 saturated heterocycles. The van der Waals surface area contributed by atoms with Crippen LogP contribution in [0.1, 0.15) is 32.9 Å². The van der Waals surface area contributed by atoms with E-state index in [1.807, 2.05) is 30.5 Å². The van der Waals surface area contributed by atoms with Crippen molar-refractivity contribution in [2.75, 3.05) is 0 Å². The number of benzene rings is 2. The molecule has 0 aliphatic heterocycles. The normalized spacial score (nSPS) is 11.3. The van der Waals surface area contributed by atoms with Crippen molar-refractivity contribution in [3.8, 4) is 11.8 Å². The summed E-state index contributed by atoms with van der Waals surface area (Å²) in [7, 11) is 0. The highest BCUT2D eigenvalue weighted by atomic mass is 19.1. The minimum Gasteiger partial charge on any atom is -0.478 e. The summed E-state index contributed by atoms with van der Waals surface area (Å²) in [6, 6.07) is 16.6. The molecule has 27 heavy (non-hydrogen) atoms. The zero-order valence-electron chi connectivity index (χ0n) is 14.9. The summed E-state index contributed by atoms with van der Waals surface area (Å²) >= 11 is 0. The van der Waals surface area contributed by atoms with Crippen molar-refractivity contribution in [3.63, 3.8) is 0 Å². The molecule has 0 spiro atoms. The molecule has 1 N–H and O–H groups in total. The first-order valence-corrected chi connectivity index (χ1v) is 8.31. The van der Waals surface area contributed by atoms with E-state index in [1.54, 1.807) is 36.4 Å². The van der Waals surface area contributed by atoms with E-state index in [9.17, 15) is 19.6 Å². The monoisotopic (exact) mass is 360 g/mol. The third-order valence-electron chi connectivity index (χ3n) is 4.40. The number of nitrogens with zero attached hydrogens (tertiary/aromatic N) is 2. The molecule has 1 aromatic heterocycles. The number of rotatable bonds is 4. The van der Waals surface area contributed by atoms with E-state index in [-0.39, 0.29) is 11.4 Å². The quantitative estimate of drug-likeness (QED) is 0.666. The van der Waals surface area contributed by atoms with Crippen LogP contribution >= 0.6 is 0 Å². The Bertz CT molecular complexity index is 1090. The van der Waals surface area contributed by atoms with Crippen molar-refractivity contribution < 1.29 is 14.3 Å². The number of allylic oxidation sites excluding steroid dienone is 1. The zero-order valence-corrected chi connectivity index (χ0v) is 14.9. The van der Waals surface area contributed by atoms with Crippen molar-refractivity contribution in [2.24, 2.45) is 0 Å². The molecule has 2 aromatic carbocycles. The highest BCUT2D eigenvalue weighted by molar-refractivity contribution is 5.90. The van der Waals surface area contributed by atoms with Gasteiger partial charge in [-0.25, -0.2) is 9.18 Å². The molecule has 0 aliphatic carbocycles. The Labute approximate surface area is 156 Å². The number of nitriles is 1. The van der Waals surface area contributed by atoms with Gasteiger partial charge >= 0.3 is 5.97 Å². The first-order chi connectivity index (χ1) is 12.9. The lowest BCUT2D eigenvalue weighted by Crippen LogP contribution is -2.02. The molecule has 134 valence electrons. The number of carbonyl (C=O) groups is 1. The summed E-state index contributed by atoms with van der Waals surface area (Å²) in [5.41, 5.74) is 4.65. The number of carboxylic acid groups (broad SMARTS) is 1. The first kappa shape index (κ1) is 18.2. The number of aromatic carboxylic acids is 1. The molecule has 0 saturated carbocycles. The SMILES string of the molecule is Cc1cc(C=C(C#N)c2ccc(F)cc2)c(C)n1-c1cccc(C(=O)O)c1. The molecule has 0 fully saturated rings. The average Bonchev–Trinajstić information content (AvgIpc) is 2.94. The molecule has 3 rings (SSSR count). The van der Waals surface area contributed by atoms with Gasteiger partial charge in [-0.3, -0.25) is 0 Å². The topological polar surface area (TPSA) is 66.0 Å². The average molecular weight is 360 g/mol. The lowest BCUT2D eigenvalue weighted by Gasteiger charge is -2.10. The first-order valence-electron chi connectivity index (χ1n) is 8.31. The van der Waals surface area contributed by atoms with Crippen LogP contribution in [0, 0.1) is 31.0 Å². The van der Waals surface area contributed by atoms with E-state index >= 15 is 0 Å². The van der Waals surface area contributed by atoms with Gasteiger partial charge in [-0.1, -0.05) is 18.2 Å². The fourth-order valence-electron chi connectivity index (χ4n) is 3.07. The van der Waals surface area contributed by atoms with Crippen LogP contribution in [-0.2, 0) is 0 Å². The molecular formula is C22H17FN2O2. The third-order valence-corrected chi connectivity index (χ3v) is 4.40. The van der Waals surface area contributed by atoms with Crippen LogP contribution in [0.15, 0.2) is 54.6 Å². The zero-order chi connectivity index (χ0) is 19.6. The molecule has 0 bridgehead atoms. The Hall–Kier alpha value is -3.65. The molecular weight excluding hydrogens is 343 g/mol. The molecule has 0 aliphatic rings. The smallest absolute Gasteiger partial charge is 0.335 e. The third kappa shape index (κ3) is 3.65. The molecule has 3 aromatic rings. The van der Waals surface area contributed by atoms with E-state index in [1.165, 1.54) is 12.1 Å². The van der Waals surface area contributed by atoms with Crippen LogP contribution in [0.5, 0.6) is 0 Å². The van der Waals surface area contributed by atoms with Gasteiger partial charge in [0.15, 0.2) is 0 Å². The summed E-state index contributed by atoms with van der Waals surface area (Å²) < 4.78 is 15.1. The van der Waals surface area contributed by atoms with E-state index in [0.717, 1.165) is 22.6 Å². The van der Waals surface area contributed by atoms with Crippen LogP contribution in [-0.4, -0.2) is 15.6 Å². The predicted octanol–water partition coefficient (Wildman–Crippen LogP) is 5.00. The number of carboxylic acids is 1. The van der Waals surface area contributed by atoms with Gasteiger partial charge in [-0.05, 0) is 67.4 Å². The highest BCUT2D eigenvalue weighted by Gasteiger charge is 2.12. The summed E-state index contributed by atoms with van der Waals surface area (Å²) in [4.78, 5) is 11.2. The van der Waals surface area contributed by atoms with Crippen LogP contribution in [0.4, 0.5) is 4.39 Å². The van der Waals surface area contributed by atoms with Gasteiger partial charge in [0, 0.05) is 17.1 Å².